The van der Waals surface area contributed by atoms with Gasteiger partial charge in [0.25, 0.3) is 0 Å². The fourth-order valence-electron chi connectivity index (χ4n) is 1.55. The number of esters is 1. The largest absolute Gasteiger partial charge is 0.462 e. The molecule has 1 aromatic carbocycles. The number of ether oxygens (including phenoxy) is 1. The van der Waals surface area contributed by atoms with Crippen LogP contribution in [-0.2, 0) is 4.74 Å². The molecule has 112 valence electrons. The minimum absolute atomic E-state index is 0.0245. The highest BCUT2D eigenvalue weighted by atomic mass is 35.5. The zero-order chi connectivity index (χ0) is 15.3. The summed E-state index contributed by atoms with van der Waals surface area (Å²) in [6.07, 6.45) is 2.04. The molecule has 0 spiro atoms. The van der Waals surface area contributed by atoms with E-state index >= 15 is 0 Å². The Bertz CT molecular complexity index is 492. The summed E-state index contributed by atoms with van der Waals surface area (Å²) in [5, 5.41) is 3.65. The van der Waals surface area contributed by atoms with Crippen LogP contribution in [0.15, 0.2) is 12.1 Å². The lowest BCUT2D eigenvalue weighted by atomic mass is 10.1. The van der Waals surface area contributed by atoms with E-state index in [-0.39, 0.29) is 4.75 Å². The van der Waals surface area contributed by atoms with E-state index in [2.05, 4.69) is 19.2 Å². The Morgan fingerprint density at radius 3 is 2.70 bits per heavy atom. The van der Waals surface area contributed by atoms with Crippen molar-refractivity contribution in [3.8, 4) is 0 Å². The number of carbonyl (C=O) groups is 1. The maximum atomic E-state index is 12.0. The number of nitrogen functional groups attached to an aromatic ring is 1. The topological polar surface area (TPSA) is 64.3 Å². The summed E-state index contributed by atoms with van der Waals surface area (Å²) in [7, 11) is 0. The van der Waals surface area contributed by atoms with E-state index in [0.29, 0.717) is 35.1 Å². The quantitative estimate of drug-likeness (QED) is 0.619. The fourth-order valence-corrected chi connectivity index (χ4v) is 2.06. The van der Waals surface area contributed by atoms with Crippen LogP contribution in [-0.4, -0.2) is 30.1 Å². The number of nitrogens with two attached hydrogens (primary N) is 1. The van der Waals surface area contributed by atoms with Crippen molar-refractivity contribution in [1.82, 2.24) is 0 Å². The molecule has 0 saturated heterocycles. The van der Waals surface area contributed by atoms with E-state index < -0.39 is 5.97 Å². The highest BCUT2D eigenvalue weighted by Gasteiger charge is 2.20. The second-order valence-corrected chi connectivity index (χ2v) is 6.88. The van der Waals surface area contributed by atoms with Gasteiger partial charge in [0.15, 0.2) is 0 Å². The average molecular weight is 317 g/mol. The maximum absolute atomic E-state index is 12.0. The van der Waals surface area contributed by atoms with E-state index in [9.17, 15) is 4.79 Å². The van der Waals surface area contributed by atoms with Gasteiger partial charge >= 0.3 is 5.97 Å². The Hall–Kier alpha value is -1.07. The molecule has 0 unspecified atom stereocenters. The van der Waals surface area contributed by atoms with Gasteiger partial charge in [-0.3, -0.25) is 0 Å². The molecular formula is C14H21ClN2O2S. The van der Waals surface area contributed by atoms with Crippen LogP contribution in [0.1, 0.15) is 31.1 Å². The Morgan fingerprint density at radius 1 is 1.50 bits per heavy atom. The third-order valence-electron chi connectivity index (χ3n) is 2.85. The minimum Gasteiger partial charge on any atom is -0.462 e. The van der Waals surface area contributed by atoms with Gasteiger partial charge in [0.1, 0.15) is 0 Å². The van der Waals surface area contributed by atoms with Crippen molar-refractivity contribution in [1.29, 1.82) is 0 Å². The number of hydrogen-bond acceptors (Lipinski definition) is 5. The van der Waals surface area contributed by atoms with Gasteiger partial charge in [-0.05, 0) is 39.2 Å². The van der Waals surface area contributed by atoms with Gasteiger partial charge in [-0.1, -0.05) is 11.6 Å². The van der Waals surface area contributed by atoms with E-state index in [1.807, 2.05) is 6.26 Å². The molecule has 0 amide bonds. The van der Waals surface area contributed by atoms with Crippen molar-refractivity contribution in [2.45, 2.75) is 25.5 Å². The van der Waals surface area contributed by atoms with Gasteiger partial charge in [-0.2, -0.15) is 11.8 Å². The summed E-state index contributed by atoms with van der Waals surface area (Å²) >= 11 is 7.93. The average Bonchev–Trinajstić information content (AvgIpc) is 2.37. The second kappa shape index (κ2) is 7.09. The van der Waals surface area contributed by atoms with Crippen molar-refractivity contribution >= 4 is 40.7 Å². The molecule has 0 heterocycles. The van der Waals surface area contributed by atoms with Crippen molar-refractivity contribution in [2.24, 2.45) is 0 Å². The third-order valence-corrected chi connectivity index (χ3v) is 4.40. The molecule has 4 nitrogen and oxygen atoms in total. The summed E-state index contributed by atoms with van der Waals surface area (Å²) in [6, 6.07) is 3.21. The van der Waals surface area contributed by atoms with E-state index in [1.165, 1.54) is 0 Å². The lowest BCUT2D eigenvalue weighted by molar-refractivity contribution is 0.0527. The normalized spacial score (nSPS) is 11.2. The lowest BCUT2D eigenvalue weighted by Crippen LogP contribution is -2.27. The first-order valence-corrected chi connectivity index (χ1v) is 7.96. The molecule has 0 aliphatic carbocycles. The molecule has 0 atom stereocenters. The molecule has 0 aromatic heterocycles. The standard InChI is InChI=1S/C14H21ClN2O2S/c1-5-19-13(18)10-6-9(16)7-11(15)12(10)17-8-14(2,3)20-4/h6-7,17H,5,8,16H2,1-4H3. The molecule has 0 bridgehead atoms. The number of rotatable bonds is 6. The number of hydrogen-bond donors (Lipinski definition) is 2. The Kier molecular flexibility index (Phi) is 6.02. The van der Waals surface area contributed by atoms with E-state index in [0.717, 1.165) is 0 Å². The number of benzene rings is 1. The monoisotopic (exact) mass is 316 g/mol. The second-order valence-electron chi connectivity index (χ2n) is 4.96. The van der Waals surface area contributed by atoms with Gasteiger partial charge in [-0.25, -0.2) is 4.79 Å². The van der Waals surface area contributed by atoms with E-state index in [4.69, 9.17) is 22.1 Å². The van der Waals surface area contributed by atoms with Gasteiger partial charge in [0.2, 0.25) is 0 Å². The zero-order valence-electron chi connectivity index (χ0n) is 12.2. The molecular weight excluding hydrogens is 296 g/mol. The number of halogens is 1. The lowest BCUT2D eigenvalue weighted by Gasteiger charge is -2.24. The SMILES string of the molecule is CCOC(=O)c1cc(N)cc(Cl)c1NCC(C)(C)SC. The van der Waals surface area contributed by atoms with Crippen LogP contribution in [0.5, 0.6) is 0 Å². The number of anilines is 2. The van der Waals surface area contributed by atoms with Crippen molar-refractivity contribution in [3.63, 3.8) is 0 Å². The molecule has 0 fully saturated rings. The summed E-state index contributed by atoms with van der Waals surface area (Å²) in [6.45, 7) is 6.96. The number of thioether (sulfide) groups is 1. The van der Waals surface area contributed by atoms with Gasteiger partial charge < -0.3 is 15.8 Å². The minimum atomic E-state index is -0.425. The third kappa shape index (κ3) is 4.49. The van der Waals surface area contributed by atoms with Gasteiger partial charge in [-0.15, -0.1) is 0 Å². The molecule has 0 saturated carbocycles. The molecule has 20 heavy (non-hydrogen) atoms. The van der Waals surface area contributed by atoms with Crippen LogP contribution < -0.4 is 11.1 Å². The first-order valence-electron chi connectivity index (χ1n) is 6.36. The predicted molar refractivity (Wildman–Crippen MR) is 87.9 cm³/mol. The summed E-state index contributed by atoms with van der Waals surface area (Å²) in [5.41, 5.74) is 7.12. The van der Waals surface area contributed by atoms with Crippen LogP contribution in [0.25, 0.3) is 0 Å². The first kappa shape index (κ1) is 17.0. The molecule has 1 aromatic rings. The van der Waals surface area contributed by atoms with Gasteiger partial charge in [0, 0.05) is 17.0 Å². The summed E-state index contributed by atoms with van der Waals surface area (Å²) in [4.78, 5) is 12.0. The van der Waals surface area contributed by atoms with Crippen LogP contribution in [0, 0.1) is 0 Å². The van der Waals surface area contributed by atoms with Crippen molar-refractivity contribution < 1.29 is 9.53 Å². The zero-order valence-corrected chi connectivity index (χ0v) is 13.8. The fraction of sp³-hybridized carbons (Fsp3) is 0.500. The molecule has 3 N–H and O–H groups in total. The molecule has 0 aliphatic rings. The molecule has 0 radical (unpaired) electrons. The van der Waals surface area contributed by atoms with Gasteiger partial charge in [0.05, 0.1) is 22.9 Å². The van der Waals surface area contributed by atoms with Crippen LogP contribution in [0.2, 0.25) is 5.02 Å². The number of carbonyl (C=O) groups excluding carboxylic acids is 1. The predicted octanol–water partition coefficient (Wildman–Crippen LogP) is 3.65. The Labute approximate surface area is 129 Å². The summed E-state index contributed by atoms with van der Waals surface area (Å²) in [5.74, 6) is -0.425. The van der Waals surface area contributed by atoms with Crippen LogP contribution >= 0.6 is 23.4 Å². The smallest absolute Gasteiger partial charge is 0.340 e. The van der Waals surface area contributed by atoms with Crippen molar-refractivity contribution in [3.05, 3.63) is 22.7 Å². The Balaban J connectivity index is 3.07. The Morgan fingerprint density at radius 2 is 2.15 bits per heavy atom. The first-order chi connectivity index (χ1) is 9.30. The molecule has 6 heteroatoms. The maximum Gasteiger partial charge on any atom is 0.340 e. The van der Waals surface area contributed by atoms with Crippen molar-refractivity contribution in [2.75, 3.05) is 30.5 Å². The summed E-state index contributed by atoms with van der Waals surface area (Å²) < 4.78 is 5.06. The highest BCUT2D eigenvalue weighted by molar-refractivity contribution is 7.99. The highest BCUT2D eigenvalue weighted by Crippen LogP contribution is 2.31. The molecule has 0 aliphatic heterocycles. The number of nitrogens with one attached hydrogen (secondary N) is 1. The molecule has 1 rings (SSSR count). The van der Waals surface area contributed by atoms with Crippen LogP contribution in [0.3, 0.4) is 0 Å². The van der Waals surface area contributed by atoms with E-state index in [1.54, 1.807) is 30.8 Å². The van der Waals surface area contributed by atoms with Crippen LogP contribution in [0.4, 0.5) is 11.4 Å².